The van der Waals surface area contributed by atoms with Gasteiger partial charge in [0.15, 0.2) is 0 Å². The molecule has 1 heterocycles. The van der Waals surface area contributed by atoms with Crippen LogP contribution >= 0.6 is 22.9 Å². The van der Waals surface area contributed by atoms with Crippen LogP contribution in [0.1, 0.15) is 29.0 Å². The fourth-order valence-electron chi connectivity index (χ4n) is 1.89. The molecule has 1 unspecified atom stereocenters. The third-order valence-electron chi connectivity index (χ3n) is 2.97. The minimum Gasteiger partial charge on any atom is -0.310 e. The van der Waals surface area contributed by atoms with Gasteiger partial charge in [-0.1, -0.05) is 23.7 Å². The molecule has 19 heavy (non-hydrogen) atoms. The lowest BCUT2D eigenvalue weighted by Crippen LogP contribution is -2.21. The maximum absolute atomic E-state index is 8.89. The Morgan fingerprint density at radius 3 is 2.89 bits per heavy atom. The maximum Gasteiger partial charge on any atom is 0.0991 e. The Balaban J connectivity index is 1.87. The van der Waals surface area contributed by atoms with E-state index in [0.29, 0.717) is 5.56 Å². The van der Waals surface area contributed by atoms with Gasteiger partial charge in [-0.15, -0.1) is 11.3 Å². The van der Waals surface area contributed by atoms with Gasteiger partial charge >= 0.3 is 0 Å². The van der Waals surface area contributed by atoms with Gasteiger partial charge in [-0.2, -0.15) is 5.26 Å². The van der Waals surface area contributed by atoms with Crippen LogP contribution in [0.5, 0.6) is 0 Å². The van der Waals surface area contributed by atoms with Crippen LogP contribution in [0.15, 0.2) is 36.4 Å². The van der Waals surface area contributed by atoms with E-state index in [9.17, 15) is 0 Å². The Labute approximate surface area is 122 Å². The predicted molar refractivity (Wildman–Crippen MR) is 80.6 cm³/mol. The third kappa shape index (κ3) is 4.07. The number of rotatable bonds is 5. The Morgan fingerprint density at radius 1 is 1.37 bits per heavy atom. The summed E-state index contributed by atoms with van der Waals surface area (Å²) < 4.78 is 0.838. The first-order valence-corrected chi connectivity index (χ1v) is 7.36. The van der Waals surface area contributed by atoms with E-state index in [-0.39, 0.29) is 6.04 Å². The molecule has 98 valence electrons. The molecule has 4 heteroatoms. The molecule has 0 spiro atoms. The van der Waals surface area contributed by atoms with Crippen LogP contribution < -0.4 is 5.32 Å². The highest BCUT2D eigenvalue weighted by atomic mass is 35.5. The van der Waals surface area contributed by atoms with Gasteiger partial charge in [0.05, 0.1) is 16.0 Å². The molecule has 0 aliphatic rings. The van der Waals surface area contributed by atoms with Crippen molar-refractivity contribution in [2.45, 2.75) is 19.4 Å². The van der Waals surface area contributed by atoms with Crippen molar-refractivity contribution >= 4 is 22.9 Å². The molecule has 1 aromatic carbocycles. The number of nitrogens with zero attached hydrogens (tertiary/aromatic N) is 1. The molecular formula is C15H15ClN2S. The van der Waals surface area contributed by atoms with Crippen molar-refractivity contribution < 1.29 is 0 Å². The van der Waals surface area contributed by atoms with Crippen molar-refractivity contribution in [1.82, 2.24) is 5.32 Å². The standard InChI is InChI=1S/C15H15ClN2S/c1-11(13-4-2-3-12(9-13)10-17)18-8-7-14-5-6-15(16)19-14/h2-6,9,11,18H,7-8H2,1H3. The monoisotopic (exact) mass is 290 g/mol. The van der Waals surface area contributed by atoms with Gasteiger partial charge in [0, 0.05) is 17.5 Å². The number of hydrogen-bond donors (Lipinski definition) is 1. The normalized spacial score (nSPS) is 12.1. The Kier molecular flexibility index (Phi) is 4.98. The van der Waals surface area contributed by atoms with Crippen molar-refractivity contribution in [1.29, 1.82) is 5.26 Å². The highest BCUT2D eigenvalue weighted by molar-refractivity contribution is 7.16. The fraction of sp³-hybridized carbons (Fsp3) is 0.267. The Bertz CT molecular complexity index is 586. The summed E-state index contributed by atoms with van der Waals surface area (Å²) in [6, 6.07) is 14.1. The molecule has 1 atom stereocenters. The lowest BCUT2D eigenvalue weighted by atomic mass is 10.1. The van der Waals surface area contributed by atoms with Gasteiger partial charge in [0.1, 0.15) is 0 Å². The quantitative estimate of drug-likeness (QED) is 0.897. The Hall–Kier alpha value is -1.34. The second-order valence-electron chi connectivity index (χ2n) is 4.37. The first-order chi connectivity index (χ1) is 9.19. The summed E-state index contributed by atoms with van der Waals surface area (Å²) in [6.07, 6.45) is 0.972. The molecule has 0 radical (unpaired) electrons. The number of nitriles is 1. The van der Waals surface area contributed by atoms with E-state index in [4.69, 9.17) is 16.9 Å². The number of halogens is 1. The van der Waals surface area contributed by atoms with Crippen LogP contribution in [0, 0.1) is 11.3 Å². The van der Waals surface area contributed by atoms with Gasteiger partial charge in [-0.3, -0.25) is 0 Å². The first-order valence-electron chi connectivity index (χ1n) is 6.16. The van der Waals surface area contributed by atoms with E-state index in [2.05, 4.69) is 24.4 Å². The zero-order valence-corrected chi connectivity index (χ0v) is 12.3. The van der Waals surface area contributed by atoms with Gasteiger partial charge in [0.25, 0.3) is 0 Å². The summed E-state index contributed by atoms with van der Waals surface area (Å²) in [6.45, 7) is 3.01. The summed E-state index contributed by atoms with van der Waals surface area (Å²) in [5.41, 5.74) is 1.85. The zero-order chi connectivity index (χ0) is 13.7. The zero-order valence-electron chi connectivity index (χ0n) is 10.7. The molecule has 1 N–H and O–H groups in total. The molecule has 0 fully saturated rings. The maximum atomic E-state index is 8.89. The highest BCUT2D eigenvalue weighted by Gasteiger charge is 2.05. The van der Waals surface area contributed by atoms with Gasteiger partial charge in [-0.05, 0) is 43.2 Å². The van der Waals surface area contributed by atoms with Crippen molar-refractivity contribution in [3.8, 4) is 6.07 Å². The molecule has 2 aromatic rings. The lowest BCUT2D eigenvalue weighted by molar-refractivity contribution is 0.578. The predicted octanol–water partition coefficient (Wildman–Crippen LogP) is 4.17. The highest BCUT2D eigenvalue weighted by Crippen LogP contribution is 2.21. The molecule has 0 bridgehead atoms. The first kappa shape index (κ1) is 14.1. The van der Waals surface area contributed by atoms with Crippen LogP contribution in [0.25, 0.3) is 0 Å². The SMILES string of the molecule is CC(NCCc1ccc(Cl)s1)c1cccc(C#N)c1. The topological polar surface area (TPSA) is 35.8 Å². The minimum absolute atomic E-state index is 0.240. The van der Waals surface area contributed by atoms with Crippen LogP contribution in [-0.2, 0) is 6.42 Å². The summed E-state index contributed by atoms with van der Waals surface area (Å²) in [7, 11) is 0. The van der Waals surface area contributed by atoms with Crippen molar-refractivity contribution in [2.75, 3.05) is 6.54 Å². The third-order valence-corrected chi connectivity index (χ3v) is 4.26. The lowest BCUT2D eigenvalue weighted by Gasteiger charge is -2.14. The molecule has 0 saturated carbocycles. The molecule has 0 aliphatic heterocycles. The molecule has 0 aliphatic carbocycles. The summed E-state index contributed by atoms with van der Waals surface area (Å²) in [5, 5.41) is 12.4. The van der Waals surface area contributed by atoms with E-state index in [1.165, 1.54) is 4.88 Å². The largest absolute Gasteiger partial charge is 0.310 e. The summed E-state index contributed by atoms with van der Waals surface area (Å²) in [4.78, 5) is 1.29. The number of hydrogen-bond acceptors (Lipinski definition) is 3. The van der Waals surface area contributed by atoms with Crippen molar-refractivity contribution in [3.63, 3.8) is 0 Å². The average Bonchev–Trinajstić information content (AvgIpc) is 2.84. The second-order valence-corrected chi connectivity index (χ2v) is 6.17. The second kappa shape index (κ2) is 6.72. The van der Waals surface area contributed by atoms with Gasteiger partial charge in [0.2, 0.25) is 0 Å². The number of thiophene rings is 1. The minimum atomic E-state index is 0.240. The van der Waals surface area contributed by atoms with E-state index in [1.54, 1.807) is 11.3 Å². The van der Waals surface area contributed by atoms with Crippen LogP contribution in [0.3, 0.4) is 0 Å². The van der Waals surface area contributed by atoms with Crippen molar-refractivity contribution in [3.05, 3.63) is 56.7 Å². The number of benzene rings is 1. The molecule has 1 aromatic heterocycles. The smallest absolute Gasteiger partial charge is 0.0991 e. The molecule has 0 saturated heterocycles. The van der Waals surface area contributed by atoms with E-state index < -0.39 is 0 Å². The molecule has 2 rings (SSSR count). The van der Waals surface area contributed by atoms with Crippen LogP contribution in [0.4, 0.5) is 0 Å². The summed E-state index contributed by atoms with van der Waals surface area (Å²) >= 11 is 7.52. The summed E-state index contributed by atoms with van der Waals surface area (Å²) in [5.74, 6) is 0. The van der Waals surface area contributed by atoms with Crippen LogP contribution in [-0.4, -0.2) is 6.54 Å². The van der Waals surface area contributed by atoms with Gasteiger partial charge < -0.3 is 5.32 Å². The fourth-order valence-corrected chi connectivity index (χ4v) is 2.98. The van der Waals surface area contributed by atoms with E-state index >= 15 is 0 Å². The molecule has 0 amide bonds. The van der Waals surface area contributed by atoms with E-state index in [0.717, 1.165) is 22.9 Å². The van der Waals surface area contributed by atoms with Crippen LogP contribution in [0.2, 0.25) is 4.34 Å². The van der Waals surface area contributed by atoms with E-state index in [1.807, 2.05) is 30.3 Å². The Morgan fingerprint density at radius 2 is 2.21 bits per heavy atom. The molecule has 2 nitrogen and oxygen atoms in total. The van der Waals surface area contributed by atoms with Crippen molar-refractivity contribution in [2.24, 2.45) is 0 Å². The number of nitrogens with one attached hydrogen (secondary N) is 1. The molecular weight excluding hydrogens is 276 g/mol. The average molecular weight is 291 g/mol. The van der Waals surface area contributed by atoms with Gasteiger partial charge in [-0.25, -0.2) is 0 Å².